The third kappa shape index (κ3) is 4.47. The molecule has 0 amide bonds. The summed E-state index contributed by atoms with van der Waals surface area (Å²) in [6.45, 7) is 5.74. The molecule has 0 bridgehead atoms. The van der Waals surface area contributed by atoms with Gasteiger partial charge in [0.2, 0.25) is 0 Å². The van der Waals surface area contributed by atoms with Crippen LogP contribution in [0.2, 0.25) is 0 Å². The van der Waals surface area contributed by atoms with Crippen molar-refractivity contribution in [3.8, 4) is 0 Å². The molecule has 17 heavy (non-hydrogen) atoms. The lowest BCUT2D eigenvalue weighted by Gasteiger charge is -2.12. The summed E-state index contributed by atoms with van der Waals surface area (Å²) in [4.78, 5) is 6.62. The molecular formula is C11H21N3O2S. The molecule has 0 aliphatic heterocycles. The van der Waals surface area contributed by atoms with Gasteiger partial charge in [0.05, 0.1) is 6.20 Å². The molecule has 1 aromatic rings. The number of imidazole rings is 1. The van der Waals surface area contributed by atoms with Crippen LogP contribution in [0.25, 0.3) is 0 Å². The van der Waals surface area contributed by atoms with Gasteiger partial charge in [-0.1, -0.05) is 26.2 Å². The first-order valence-corrected chi connectivity index (χ1v) is 7.48. The summed E-state index contributed by atoms with van der Waals surface area (Å²) >= 11 is 0. The number of aromatic amines is 1. The predicted octanol–water partition coefficient (Wildman–Crippen LogP) is 1.97. The molecule has 0 aliphatic rings. The molecule has 1 atom stereocenters. The van der Waals surface area contributed by atoms with E-state index < -0.39 is 10.0 Å². The zero-order chi connectivity index (χ0) is 12.9. The molecule has 2 N–H and O–H groups in total. The molecule has 1 heterocycles. The summed E-state index contributed by atoms with van der Waals surface area (Å²) < 4.78 is 26.5. The highest BCUT2D eigenvalue weighted by atomic mass is 32.2. The van der Waals surface area contributed by atoms with Gasteiger partial charge in [0.25, 0.3) is 10.0 Å². The molecule has 0 fully saturated rings. The van der Waals surface area contributed by atoms with Crippen molar-refractivity contribution < 1.29 is 8.42 Å². The molecule has 0 aliphatic carbocycles. The Bertz CT molecular complexity index is 439. The molecule has 6 heteroatoms. The van der Waals surface area contributed by atoms with Crippen molar-refractivity contribution in [2.75, 3.05) is 0 Å². The second-order valence-electron chi connectivity index (χ2n) is 4.35. The Morgan fingerprint density at radius 2 is 2.18 bits per heavy atom. The minimum atomic E-state index is -3.44. The third-order valence-electron chi connectivity index (χ3n) is 2.57. The van der Waals surface area contributed by atoms with Gasteiger partial charge in [-0.25, -0.2) is 18.1 Å². The van der Waals surface area contributed by atoms with Crippen molar-refractivity contribution >= 4 is 10.0 Å². The van der Waals surface area contributed by atoms with Crippen LogP contribution in [0.1, 0.15) is 45.4 Å². The lowest BCUT2D eigenvalue weighted by Crippen LogP contribution is -2.32. The van der Waals surface area contributed by atoms with Gasteiger partial charge < -0.3 is 4.98 Å². The van der Waals surface area contributed by atoms with Crippen LogP contribution in [-0.4, -0.2) is 24.4 Å². The zero-order valence-electron chi connectivity index (χ0n) is 10.7. The van der Waals surface area contributed by atoms with E-state index in [9.17, 15) is 8.42 Å². The van der Waals surface area contributed by atoms with E-state index in [1.165, 1.54) is 6.20 Å². The van der Waals surface area contributed by atoms with Gasteiger partial charge >= 0.3 is 0 Å². The summed E-state index contributed by atoms with van der Waals surface area (Å²) in [6.07, 6.45) is 5.52. The SMILES string of the molecule is CCCCCC(C)NS(=O)(=O)c1cnc(C)[nH]1. The van der Waals surface area contributed by atoms with Gasteiger partial charge in [-0.05, 0) is 20.3 Å². The number of hydrogen-bond acceptors (Lipinski definition) is 3. The van der Waals surface area contributed by atoms with Gasteiger partial charge in [-0.2, -0.15) is 0 Å². The zero-order valence-corrected chi connectivity index (χ0v) is 11.5. The largest absolute Gasteiger partial charge is 0.332 e. The Kier molecular flexibility index (Phi) is 5.14. The molecule has 0 aromatic carbocycles. The summed E-state index contributed by atoms with van der Waals surface area (Å²) in [5, 5.41) is 0.136. The monoisotopic (exact) mass is 259 g/mol. The normalized spacial score (nSPS) is 13.8. The van der Waals surface area contributed by atoms with Crippen molar-refractivity contribution in [3.05, 3.63) is 12.0 Å². The van der Waals surface area contributed by atoms with Crippen molar-refractivity contribution in [3.63, 3.8) is 0 Å². The fraction of sp³-hybridized carbons (Fsp3) is 0.727. The van der Waals surface area contributed by atoms with Crippen LogP contribution in [-0.2, 0) is 10.0 Å². The van der Waals surface area contributed by atoms with E-state index in [1.807, 2.05) is 6.92 Å². The fourth-order valence-corrected chi connectivity index (χ4v) is 2.87. The molecule has 1 aromatic heterocycles. The van der Waals surface area contributed by atoms with Crippen LogP contribution >= 0.6 is 0 Å². The Balaban J connectivity index is 2.55. The highest BCUT2D eigenvalue weighted by Gasteiger charge is 2.18. The Morgan fingerprint density at radius 1 is 1.47 bits per heavy atom. The van der Waals surface area contributed by atoms with E-state index in [-0.39, 0.29) is 11.1 Å². The van der Waals surface area contributed by atoms with Crippen LogP contribution in [0.4, 0.5) is 0 Å². The standard InChI is InChI=1S/C11H21N3O2S/c1-4-5-6-7-9(2)14-17(15,16)11-8-12-10(3)13-11/h8-9,14H,4-7H2,1-3H3,(H,12,13). The van der Waals surface area contributed by atoms with Gasteiger partial charge in [-0.15, -0.1) is 0 Å². The van der Waals surface area contributed by atoms with Gasteiger partial charge in [0.15, 0.2) is 5.03 Å². The molecule has 1 unspecified atom stereocenters. The van der Waals surface area contributed by atoms with E-state index in [4.69, 9.17) is 0 Å². The molecule has 1 rings (SSSR count). The van der Waals surface area contributed by atoms with Crippen LogP contribution in [0.15, 0.2) is 11.2 Å². The van der Waals surface area contributed by atoms with Gasteiger partial charge in [-0.3, -0.25) is 0 Å². The number of nitrogens with one attached hydrogen (secondary N) is 2. The average Bonchev–Trinajstić information content (AvgIpc) is 2.65. The number of unbranched alkanes of at least 4 members (excludes halogenated alkanes) is 2. The molecular weight excluding hydrogens is 238 g/mol. The number of rotatable bonds is 7. The Labute approximate surface area is 103 Å². The Morgan fingerprint density at radius 3 is 2.71 bits per heavy atom. The van der Waals surface area contributed by atoms with Crippen LogP contribution in [0, 0.1) is 6.92 Å². The first-order chi connectivity index (χ1) is 7.95. The van der Waals surface area contributed by atoms with Crippen molar-refractivity contribution in [2.24, 2.45) is 0 Å². The first kappa shape index (κ1) is 14.2. The molecule has 5 nitrogen and oxygen atoms in total. The minimum absolute atomic E-state index is 0.0462. The minimum Gasteiger partial charge on any atom is -0.332 e. The molecule has 98 valence electrons. The van der Waals surface area contributed by atoms with Crippen molar-refractivity contribution in [2.45, 2.75) is 57.5 Å². The lowest BCUT2D eigenvalue weighted by molar-refractivity contribution is 0.525. The second kappa shape index (κ2) is 6.16. The second-order valence-corrected chi connectivity index (χ2v) is 6.03. The van der Waals surface area contributed by atoms with Crippen molar-refractivity contribution in [1.29, 1.82) is 0 Å². The molecule has 0 saturated heterocycles. The number of nitrogens with zero attached hydrogens (tertiary/aromatic N) is 1. The first-order valence-electron chi connectivity index (χ1n) is 5.99. The molecule has 0 spiro atoms. The number of H-pyrrole nitrogens is 1. The van der Waals surface area contributed by atoms with E-state index >= 15 is 0 Å². The van der Waals surface area contributed by atoms with Gasteiger partial charge in [0, 0.05) is 6.04 Å². The lowest BCUT2D eigenvalue weighted by atomic mass is 10.1. The van der Waals surface area contributed by atoms with Gasteiger partial charge in [0.1, 0.15) is 5.82 Å². The molecule has 0 radical (unpaired) electrons. The van der Waals surface area contributed by atoms with Crippen LogP contribution in [0.3, 0.4) is 0 Å². The molecule has 0 saturated carbocycles. The highest BCUT2D eigenvalue weighted by molar-refractivity contribution is 7.89. The highest BCUT2D eigenvalue weighted by Crippen LogP contribution is 2.09. The topological polar surface area (TPSA) is 74.8 Å². The Hall–Kier alpha value is -0.880. The number of hydrogen-bond donors (Lipinski definition) is 2. The quantitative estimate of drug-likeness (QED) is 0.735. The number of sulfonamides is 1. The fourth-order valence-electron chi connectivity index (χ4n) is 1.62. The van der Waals surface area contributed by atoms with E-state index in [0.717, 1.165) is 25.7 Å². The van der Waals surface area contributed by atoms with Crippen molar-refractivity contribution in [1.82, 2.24) is 14.7 Å². The number of aryl methyl sites for hydroxylation is 1. The predicted molar refractivity (Wildman–Crippen MR) is 67.3 cm³/mol. The maximum absolute atomic E-state index is 11.9. The maximum atomic E-state index is 11.9. The third-order valence-corrected chi connectivity index (χ3v) is 4.07. The average molecular weight is 259 g/mol. The summed E-state index contributed by atoms with van der Waals surface area (Å²) in [7, 11) is -3.44. The van der Waals surface area contributed by atoms with Crippen LogP contribution < -0.4 is 4.72 Å². The van der Waals surface area contributed by atoms with E-state index in [1.54, 1.807) is 6.92 Å². The summed E-state index contributed by atoms with van der Waals surface area (Å²) in [5.74, 6) is 0.601. The van der Waals surface area contributed by atoms with E-state index in [0.29, 0.717) is 5.82 Å². The van der Waals surface area contributed by atoms with Crippen LogP contribution in [0.5, 0.6) is 0 Å². The maximum Gasteiger partial charge on any atom is 0.257 e. The van der Waals surface area contributed by atoms with E-state index in [2.05, 4.69) is 21.6 Å². The smallest absolute Gasteiger partial charge is 0.257 e. The summed E-state index contributed by atoms with van der Waals surface area (Å²) in [5.41, 5.74) is 0. The number of aromatic nitrogens is 2. The summed E-state index contributed by atoms with van der Waals surface area (Å²) in [6, 6.07) is -0.0462.